The fourth-order valence-electron chi connectivity index (χ4n) is 1.61. The Hall–Kier alpha value is -1.39. The lowest BCUT2D eigenvalue weighted by Crippen LogP contribution is -2.09. The van der Waals surface area contributed by atoms with Crippen LogP contribution in [0.25, 0.3) is 0 Å². The molecule has 0 N–H and O–H groups in total. The maximum atomic E-state index is 10.3. The Bertz CT molecular complexity index is 347. The van der Waals surface area contributed by atoms with Crippen molar-refractivity contribution in [2.45, 2.75) is 18.8 Å². The van der Waals surface area contributed by atoms with Crippen LogP contribution in [0.1, 0.15) is 18.3 Å². The van der Waals surface area contributed by atoms with Gasteiger partial charge in [-0.3, -0.25) is 0 Å². The first-order valence-corrected chi connectivity index (χ1v) is 5.18. The summed E-state index contributed by atoms with van der Waals surface area (Å²) in [5.41, 5.74) is 0.939. The van der Waals surface area contributed by atoms with Gasteiger partial charge in [0, 0.05) is 12.0 Å². The minimum Gasteiger partial charge on any atom is -0.497 e. The molecular formula is C12H14O4. The SMILES string of the molecule is COc1ccc(C2OC[C@H](CC=O)O2)cc1. The Kier molecular flexibility index (Phi) is 3.54. The highest BCUT2D eigenvalue weighted by Crippen LogP contribution is 2.28. The number of benzene rings is 1. The largest absolute Gasteiger partial charge is 0.497 e. The zero-order valence-corrected chi connectivity index (χ0v) is 9.09. The molecule has 0 bridgehead atoms. The first-order valence-electron chi connectivity index (χ1n) is 5.18. The number of methoxy groups -OCH3 is 1. The number of carbonyl (C=O) groups excluding carboxylic acids is 1. The van der Waals surface area contributed by atoms with Gasteiger partial charge in [0.25, 0.3) is 0 Å². The first-order chi connectivity index (χ1) is 7.83. The monoisotopic (exact) mass is 222 g/mol. The molecule has 4 nitrogen and oxygen atoms in total. The van der Waals surface area contributed by atoms with Crippen LogP contribution in [0.2, 0.25) is 0 Å². The van der Waals surface area contributed by atoms with Crippen molar-refractivity contribution in [2.24, 2.45) is 0 Å². The fraction of sp³-hybridized carbons (Fsp3) is 0.417. The molecule has 0 aromatic heterocycles. The van der Waals surface area contributed by atoms with Crippen LogP contribution in [0.5, 0.6) is 5.75 Å². The van der Waals surface area contributed by atoms with Crippen molar-refractivity contribution in [3.8, 4) is 5.75 Å². The smallest absolute Gasteiger partial charge is 0.184 e. The number of carbonyl (C=O) groups is 1. The van der Waals surface area contributed by atoms with E-state index < -0.39 is 0 Å². The van der Waals surface area contributed by atoms with Gasteiger partial charge >= 0.3 is 0 Å². The van der Waals surface area contributed by atoms with Crippen molar-refractivity contribution < 1.29 is 19.0 Å². The lowest BCUT2D eigenvalue weighted by atomic mass is 10.2. The summed E-state index contributed by atoms with van der Waals surface area (Å²) in [5.74, 6) is 0.797. The maximum Gasteiger partial charge on any atom is 0.184 e. The maximum absolute atomic E-state index is 10.3. The van der Waals surface area contributed by atoms with Crippen molar-refractivity contribution in [3.63, 3.8) is 0 Å². The van der Waals surface area contributed by atoms with E-state index in [4.69, 9.17) is 14.2 Å². The normalized spacial score (nSPS) is 24.3. The molecule has 1 saturated heterocycles. The van der Waals surface area contributed by atoms with Gasteiger partial charge in [0.2, 0.25) is 0 Å². The quantitative estimate of drug-likeness (QED) is 0.727. The Morgan fingerprint density at radius 3 is 2.81 bits per heavy atom. The van der Waals surface area contributed by atoms with Crippen LogP contribution in [-0.4, -0.2) is 26.1 Å². The molecule has 4 heteroatoms. The van der Waals surface area contributed by atoms with Gasteiger partial charge in [0.05, 0.1) is 19.8 Å². The summed E-state index contributed by atoms with van der Waals surface area (Å²) in [5, 5.41) is 0. The van der Waals surface area contributed by atoms with Crippen molar-refractivity contribution in [3.05, 3.63) is 29.8 Å². The molecule has 0 spiro atoms. The Morgan fingerprint density at radius 1 is 1.44 bits per heavy atom. The topological polar surface area (TPSA) is 44.8 Å². The second-order valence-corrected chi connectivity index (χ2v) is 3.60. The highest BCUT2D eigenvalue weighted by Gasteiger charge is 2.26. The molecule has 1 aromatic rings. The van der Waals surface area contributed by atoms with Crippen molar-refractivity contribution >= 4 is 6.29 Å². The third-order valence-electron chi connectivity index (χ3n) is 2.50. The molecule has 1 aliphatic rings. The van der Waals surface area contributed by atoms with Crippen molar-refractivity contribution in [1.82, 2.24) is 0 Å². The van der Waals surface area contributed by atoms with E-state index in [0.29, 0.717) is 13.0 Å². The van der Waals surface area contributed by atoms with Gasteiger partial charge in [0.15, 0.2) is 6.29 Å². The van der Waals surface area contributed by atoms with Crippen LogP contribution in [0.3, 0.4) is 0 Å². The first kappa shape index (κ1) is 11.1. The molecule has 16 heavy (non-hydrogen) atoms. The number of ether oxygens (including phenoxy) is 3. The summed E-state index contributed by atoms with van der Waals surface area (Å²) >= 11 is 0. The highest BCUT2D eigenvalue weighted by molar-refractivity contribution is 5.50. The zero-order chi connectivity index (χ0) is 11.4. The minimum absolute atomic E-state index is 0.121. The van der Waals surface area contributed by atoms with Crippen LogP contribution in [0.4, 0.5) is 0 Å². The van der Waals surface area contributed by atoms with E-state index in [1.54, 1.807) is 7.11 Å². The van der Waals surface area contributed by atoms with Crippen LogP contribution in [-0.2, 0) is 14.3 Å². The standard InChI is InChI=1S/C12H14O4/c1-14-10-4-2-9(3-5-10)12-15-8-11(16-12)6-7-13/h2-5,7,11-12H,6,8H2,1H3/t11-,12?/m0/s1. The number of aldehydes is 1. The second kappa shape index (κ2) is 5.09. The highest BCUT2D eigenvalue weighted by atomic mass is 16.7. The van der Waals surface area contributed by atoms with Crippen LogP contribution >= 0.6 is 0 Å². The summed E-state index contributed by atoms with van der Waals surface area (Å²) in [6.07, 6.45) is 0.748. The zero-order valence-electron chi connectivity index (χ0n) is 9.09. The predicted molar refractivity (Wildman–Crippen MR) is 57.2 cm³/mol. The van der Waals surface area contributed by atoms with Gasteiger partial charge < -0.3 is 19.0 Å². The molecule has 86 valence electrons. The third-order valence-corrected chi connectivity index (χ3v) is 2.50. The van der Waals surface area contributed by atoms with E-state index in [2.05, 4.69) is 0 Å². The molecule has 0 amide bonds. The van der Waals surface area contributed by atoms with Crippen LogP contribution < -0.4 is 4.74 Å². The Morgan fingerprint density at radius 2 is 2.19 bits per heavy atom. The van der Waals surface area contributed by atoms with E-state index in [-0.39, 0.29) is 12.4 Å². The molecule has 2 rings (SSSR count). The molecule has 0 radical (unpaired) electrons. The van der Waals surface area contributed by atoms with Crippen molar-refractivity contribution in [2.75, 3.05) is 13.7 Å². The van der Waals surface area contributed by atoms with Gasteiger partial charge in [-0.25, -0.2) is 0 Å². The van der Waals surface area contributed by atoms with Crippen LogP contribution in [0, 0.1) is 0 Å². The molecule has 0 saturated carbocycles. The van der Waals surface area contributed by atoms with E-state index >= 15 is 0 Å². The average molecular weight is 222 g/mol. The molecule has 1 aliphatic heterocycles. The minimum atomic E-state index is -0.365. The lowest BCUT2D eigenvalue weighted by Gasteiger charge is -2.10. The van der Waals surface area contributed by atoms with E-state index in [1.807, 2.05) is 24.3 Å². The van der Waals surface area contributed by atoms with Gasteiger partial charge in [-0.2, -0.15) is 0 Å². The number of hydrogen-bond acceptors (Lipinski definition) is 4. The van der Waals surface area contributed by atoms with Gasteiger partial charge in [-0.15, -0.1) is 0 Å². The number of hydrogen-bond donors (Lipinski definition) is 0. The van der Waals surface area contributed by atoms with Gasteiger partial charge in [-0.05, 0) is 12.1 Å². The number of rotatable bonds is 4. The van der Waals surface area contributed by atoms with E-state index in [1.165, 1.54) is 0 Å². The third kappa shape index (κ3) is 2.40. The Balaban J connectivity index is 2.00. The van der Waals surface area contributed by atoms with Crippen LogP contribution in [0.15, 0.2) is 24.3 Å². The lowest BCUT2D eigenvalue weighted by molar-refractivity contribution is -0.111. The average Bonchev–Trinajstić information content (AvgIpc) is 2.78. The van der Waals surface area contributed by atoms with Crippen molar-refractivity contribution in [1.29, 1.82) is 0 Å². The molecule has 1 aromatic carbocycles. The summed E-state index contributed by atoms with van der Waals surface area (Å²) in [6.45, 7) is 0.468. The molecule has 2 atom stereocenters. The predicted octanol–water partition coefficient (Wildman–Crippen LogP) is 1.70. The summed E-state index contributed by atoms with van der Waals surface area (Å²) in [4.78, 5) is 10.3. The summed E-state index contributed by atoms with van der Waals surface area (Å²) in [6, 6.07) is 7.50. The Labute approximate surface area is 94.1 Å². The van der Waals surface area contributed by atoms with Gasteiger partial charge in [0.1, 0.15) is 12.0 Å². The van der Waals surface area contributed by atoms with E-state index in [9.17, 15) is 4.79 Å². The fourth-order valence-corrected chi connectivity index (χ4v) is 1.61. The summed E-state index contributed by atoms with van der Waals surface area (Å²) < 4.78 is 16.1. The molecule has 0 aliphatic carbocycles. The molecule has 1 fully saturated rings. The van der Waals surface area contributed by atoms with E-state index in [0.717, 1.165) is 17.6 Å². The second-order valence-electron chi connectivity index (χ2n) is 3.60. The summed E-state index contributed by atoms with van der Waals surface area (Å²) in [7, 11) is 1.62. The molecule has 1 heterocycles. The molecule has 1 unspecified atom stereocenters. The molecular weight excluding hydrogens is 208 g/mol. The van der Waals surface area contributed by atoms with Gasteiger partial charge in [-0.1, -0.05) is 12.1 Å².